The Morgan fingerprint density at radius 1 is 0.473 bits per heavy atom. The Morgan fingerprint density at radius 3 is 1.15 bits per heavy atom. The lowest BCUT2D eigenvalue weighted by Crippen LogP contribution is -2.19. The predicted octanol–water partition coefficient (Wildman–Crippen LogP) is 11.1. The number of halogens is 11. The van der Waals surface area contributed by atoms with Crippen molar-refractivity contribution in [3.8, 4) is 56.6 Å². The van der Waals surface area contributed by atoms with Crippen molar-refractivity contribution >= 4 is 11.4 Å². The van der Waals surface area contributed by atoms with E-state index >= 15 is 8.78 Å². The quantitative estimate of drug-likeness (QED) is 0.135. The molecule has 15 heteroatoms. The number of benzene rings is 5. The van der Waals surface area contributed by atoms with Gasteiger partial charge in [0.25, 0.3) is 11.4 Å². The van der Waals surface area contributed by atoms with E-state index in [0.29, 0.717) is 18.2 Å². The summed E-state index contributed by atoms with van der Waals surface area (Å²) in [6.45, 7) is 16.6. The molecule has 0 N–H and O–H groups in total. The maximum Gasteiger partial charge on any atom is 0.416 e. The number of hydrogen-bond acceptors (Lipinski definition) is 2. The van der Waals surface area contributed by atoms with Gasteiger partial charge in [0.1, 0.15) is 11.6 Å². The van der Waals surface area contributed by atoms with Gasteiger partial charge in [0.15, 0.2) is 0 Å². The molecule has 0 aromatic heterocycles. The normalized spacial score (nSPS) is 12.9. The van der Waals surface area contributed by atoms with Crippen molar-refractivity contribution in [2.45, 2.75) is 25.5 Å². The molecule has 0 unspecified atom stereocenters. The molecule has 0 aliphatic carbocycles. The third-order valence-electron chi connectivity index (χ3n) is 8.18. The fourth-order valence-electron chi connectivity index (χ4n) is 5.82. The van der Waals surface area contributed by atoms with E-state index in [4.69, 9.17) is 13.1 Å². The molecule has 4 nitrogen and oxygen atoms in total. The second-order valence-corrected chi connectivity index (χ2v) is 11.9. The Labute approximate surface area is 304 Å². The number of aryl methyl sites for hydroxylation is 1. The summed E-state index contributed by atoms with van der Waals surface area (Å²) in [4.78, 5) is 6.35. The average Bonchev–Trinajstić information content (AvgIpc) is 3.10. The minimum Gasteiger partial charge on any atom is -0.226 e. The first kappa shape index (κ1) is 39.2. The molecule has 5 rings (SSSR count). The summed E-state index contributed by atoms with van der Waals surface area (Å²) in [6, 6.07) is 14.4. The van der Waals surface area contributed by atoms with Crippen LogP contribution in [0.25, 0.3) is 65.6 Å². The minimum atomic E-state index is -5.24. The van der Waals surface area contributed by atoms with E-state index in [1.807, 2.05) is 0 Å². The maximum atomic E-state index is 15.3. The van der Waals surface area contributed by atoms with Crippen LogP contribution < -0.4 is 10.4 Å². The molecule has 0 saturated heterocycles. The molecule has 0 bridgehead atoms. The monoisotopic (exact) mass is 762 g/mol. The molecule has 0 aliphatic heterocycles. The largest absolute Gasteiger partial charge is 0.416 e. The Balaban J connectivity index is 1.87. The van der Waals surface area contributed by atoms with Crippen molar-refractivity contribution in [2.75, 3.05) is 0 Å². The minimum absolute atomic E-state index is 0.0675. The molecule has 0 fully saturated rings. The first-order valence-corrected chi connectivity index (χ1v) is 15.3. The first-order valence-electron chi connectivity index (χ1n) is 15.3. The van der Waals surface area contributed by atoms with Gasteiger partial charge in [-0.3, -0.25) is 0 Å². The molecule has 0 radical (unpaired) electrons. The van der Waals surface area contributed by atoms with Gasteiger partial charge in [-0.25, -0.2) is 29.0 Å². The predicted molar refractivity (Wildman–Crippen MR) is 178 cm³/mol. The number of nitriles is 2. The van der Waals surface area contributed by atoms with Crippen LogP contribution in [-0.2, 0) is 18.5 Å². The topological polar surface area (TPSA) is 56.3 Å². The number of alkyl halides is 9. The average molecular weight is 763 g/mol. The van der Waals surface area contributed by atoms with E-state index in [-0.39, 0.29) is 55.4 Å². The molecule has 55 heavy (non-hydrogen) atoms. The molecule has 5 aromatic carbocycles. The number of nitrogens with zero attached hydrogens (tertiary/aromatic N) is 4. The highest BCUT2D eigenvalue weighted by Gasteiger charge is 2.37. The van der Waals surface area contributed by atoms with Gasteiger partial charge < -0.3 is 0 Å². The zero-order chi connectivity index (χ0) is 40.6. The van der Waals surface area contributed by atoms with Gasteiger partial charge in [0.2, 0.25) is 0 Å². The van der Waals surface area contributed by atoms with Crippen LogP contribution in [0.2, 0.25) is 0 Å². The van der Waals surface area contributed by atoms with Crippen molar-refractivity contribution in [3.63, 3.8) is 0 Å². The van der Waals surface area contributed by atoms with Crippen LogP contribution in [0.5, 0.6) is 0 Å². The first-order chi connectivity index (χ1) is 25.7. The smallest absolute Gasteiger partial charge is 0.226 e. The summed E-state index contributed by atoms with van der Waals surface area (Å²) in [7, 11) is 0. The summed E-state index contributed by atoms with van der Waals surface area (Å²) in [6.07, 6.45) is -15.2. The van der Waals surface area contributed by atoms with Crippen molar-refractivity contribution in [2.24, 2.45) is 0 Å². The van der Waals surface area contributed by atoms with Gasteiger partial charge in [-0.05, 0) is 134 Å². The fraction of sp³-hybridized carbons (Fsp3) is 0.100. The lowest BCUT2D eigenvalue weighted by Gasteiger charge is -2.16. The Kier molecular flexibility index (Phi) is 10.3. The van der Waals surface area contributed by atoms with Crippen LogP contribution in [0.4, 0.5) is 48.3 Å². The molecule has 0 heterocycles. The third-order valence-corrected chi connectivity index (χ3v) is 8.18. The molecule has 0 amide bonds. The van der Waals surface area contributed by atoms with Crippen molar-refractivity contribution in [3.05, 3.63) is 152 Å². The molecule has 274 valence electrons. The van der Waals surface area contributed by atoms with Gasteiger partial charge in [0.05, 0.1) is 42.0 Å². The van der Waals surface area contributed by atoms with Crippen LogP contribution in [0.1, 0.15) is 22.3 Å². The Morgan fingerprint density at radius 2 is 0.800 bits per heavy atom. The van der Waals surface area contributed by atoms with Gasteiger partial charge >= 0.3 is 18.5 Å². The van der Waals surface area contributed by atoms with Gasteiger partial charge in [-0.15, -0.1) is 0 Å². The van der Waals surface area contributed by atoms with Crippen LogP contribution in [-0.4, -0.2) is 0 Å². The van der Waals surface area contributed by atoms with Crippen molar-refractivity contribution in [1.82, 2.24) is 0 Å². The molecular weight excluding hydrogens is 745 g/mol. The van der Waals surface area contributed by atoms with Crippen molar-refractivity contribution in [1.29, 1.82) is 10.5 Å². The SMILES string of the molecule is [C-]#[N+]/C(C#N)=c1/cc(-c2cc(F)cc(-c3cc(C(F)(F)F)cc(C(F)(F)F)c3)c2)/c(=C(\C#N)[N+]#[C-])cc1-c1cc(F)cc(-c2cc(C)cc(C(F)(F)F)c2)c1. The second kappa shape index (κ2) is 14.5. The maximum absolute atomic E-state index is 15.3. The van der Waals surface area contributed by atoms with Gasteiger partial charge in [-0.2, -0.15) is 39.5 Å². The standard InChI is InChI=1S/C40H17F11N4/c1-20-4-21(8-27(5-20)38(43,44)45)22-6-25(13-30(41)11-22)32-16-35(37(19-53)55-3)33(17-34(32)36(18-52)54-2)26-7-23(12-31(42)14-26)24-9-28(39(46,47)48)15-29(10-24)40(49,50)51/h4-17H,1H3/b36-34-,37-35+. The number of hydrogen-bond donors (Lipinski definition) is 0. The van der Waals surface area contributed by atoms with Crippen molar-refractivity contribution < 1.29 is 48.3 Å². The molecular formula is C40H17F11N4. The third kappa shape index (κ3) is 8.32. The Bertz CT molecular complexity index is 2630. The molecule has 5 aromatic rings. The lowest BCUT2D eigenvalue weighted by molar-refractivity contribution is -0.143. The lowest BCUT2D eigenvalue weighted by atomic mass is 9.90. The highest BCUT2D eigenvalue weighted by atomic mass is 19.4. The van der Waals surface area contributed by atoms with Crippen LogP contribution >= 0.6 is 0 Å². The molecule has 0 atom stereocenters. The zero-order valence-corrected chi connectivity index (χ0v) is 27.5. The van der Waals surface area contributed by atoms with Gasteiger partial charge in [0, 0.05) is 0 Å². The van der Waals surface area contributed by atoms with Crippen LogP contribution in [0, 0.1) is 54.4 Å². The summed E-state index contributed by atoms with van der Waals surface area (Å²) >= 11 is 0. The fourth-order valence-corrected chi connectivity index (χ4v) is 5.82. The summed E-state index contributed by atoms with van der Waals surface area (Å²) < 4.78 is 153. The summed E-state index contributed by atoms with van der Waals surface area (Å²) in [5.41, 5.74) is -7.88. The second-order valence-electron chi connectivity index (χ2n) is 11.9. The van der Waals surface area contributed by atoms with Crippen LogP contribution in [0.3, 0.4) is 0 Å². The van der Waals surface area contributed by atoms with Gasteiger partial charge in [-0.1, -0.05) is 18.2 Å². The zero-order valence-electron chi connectivity index (χ0n) is 27.5. The van der Waals surface area contributed by atoms with E-state index in [2.05, 4.69) is 9.69 Å². The summed E-state index contributed by atoms with van der Waals surface area (Å²) in [5.74, 6) is -2.17. The highest BCUT2D eigenvalue weighted by Crippen LogP contribution is 2.40. The Hall–Kier alpha value is -6.97. The van der Waals surface area contributed by atoms with E-state index < -0.39 is 69.4 Å². The molecule has 0 spiro atoms. The van der Waals surface area contributed by atoms with E-state index in [1.165, 1.54) is 19.1 Å². The molecule has 0 aliphatic rings. The highest BCUT2D eigenvalue weighted by molar-refractivity contribution is 5.85. The number of rotatable bonds is 4. The van der Waals surface area contributed by atoms with E-state index in [9.17, 15) is 50.0 Å². The molecule has 0 saturated carbocycles. The van der Waals surface area contributed by atoms with E-state index in [1.54, 1.807) is 12.1 Å². The summed E-state index contributed by atoms with van der Waals surface area (Å²) in [5, 5.41) is 19.1. The van der Waals surface area contributed by atoms with Crippen LogP contribution in [0.15, 0.2) is 84.9 Å². The van der Waals surface area contributed by atoms with E-state index in [0.717, 1.165) is 48.5 Å².